The highest BCUT2D eigenvalue weighted by molar-refractivity contribution is 5.69. The summed E-state index contributed by atoms with van der Waals surface area (Å²) in [5.74, 6) is -0.901. The Morgan fingerprint density at radius 3 is 2.94 bits per heavy atom. The average molecular weight is 232 g/mol. The predicted molar refractivity (Wildman–Crippen MR) is 57.0 cm³/mol. The first-order valence-corrected chi connectivity index (χ1v) is 5.56. The van der Waals surface area contributed by atoms with Gasteiger partial charge in [-0.25, -0.2) is 0 Å². The molecule has 1 aliphatic heterocycles. The van der Waals surface area contributed by atoms with Crippen molar-refractivity contribution in [3.63, 3.8) is 0 Å². The molecule has 0 aromatic rings. The number of hydrogen-bond donors (Lipinski definition) is 0. The van der Waals surface area contributed by atoms with E-state index in [2.05, 4.69) is 0 Å². The Morgan fingerprint density at radius 2 is 2.31 bits per heavy atom. The fourth-order valence-electron chi connectivity index (χ4n) is 1.65. The Bertz CT molecular complexity index is 230. The molecule has 1 aliphatic rings. The molecule has 2 atom stereocenters. The molecule has 0 unspecified atom stereocenters. The Morgan fingerprint density at radius 1 is 1.56 bits per heavy atom. The van der Waals surface area contributed by atoms with Gasteiger partial charge in [-0.05, 0) is 13.8 Å². The van der Waals surface area contributed by atoms with Crippen LogP contribution in [0.4, 0.5) is 0 Å². The summed E-state index contributed by atoms with van der Waals surface area (Å²) in [4.78, 5) is 11.2. The van der Waals surface area contributed by atoms with E-state index in [0.29, 0.717) is 32.7 Å². The van der Waals surface area contributed by atoms with E-state index >= 15 is 0 Å². The zero-order valence-corrected chi connectivity index (χ0v) is 10.2. The molecule has 0 amide bonds. The van der Waals surface area contributed by atoms with Crippen molar-refractivity contribution in [1.82, 2.24) is 0 Å². The van der Waals surface area contributed by atoms with E-state index in [4.69, 9.17) is 18.9 Å². The summed E-state index contributed by atoms with van der Waals surface area (Å²) in [6, 6.07) is 0. The van der Waals surface area contributed by atoms with Crippen LogP contribution < -0.4 is 0 Å². The molecule has 5 heteroatoms. The standard InChI is InChI=1S/C11H20O5/c1-4-14-10(12)5-6-11(2)15-8-9(16-11)7-13-3/h9H,4-8H2,1-3H3/t9-,11+/m0/s1. The molecule has 0 aromatic heterocycles. The van der Waals surface area contributed by atoms with Gasteiger partial charge in [0.2, 0.25) is 0 Å². The zero-order chi connectivity index (χ0) is 12.0. The maximum absolute atomic E-state index is 11.2. The second-order valence-electron chi connectivity index (χ2n) is 3.95. The van der Waals surface area contributed by atoms with E-state index < -0.39 is 5.79 Å². The van der Waals surface area contributed by atoms with Crippen LogP contribution in [0.25, 0.3) is 0 Å². The van der Waals surface area contributed by atoms with E-state index in [1.54, 1.807) is 14.0 Å². The maximum Gasteiger partial charge on any atom is 0.305 e. The summed E-state index contributed by atoms with van der Waals surface area (Å²) in [7, 11) is 1.62. The van der Waals surface area contributed by atoms with Crippen LogP contribution >= 0.6 is 0 Å². The SMILES string of the molecule is CCOC(=O)CC[C@]1(C)OC[C@H](COC)O1. The number of carbonyl (C=O) groups excluding carboxylic acids is 1. The highest BCUT2D eigenvalue weighted by atomic mass is 16.7. The van der Waals surface area contributed by atoms with Crippen molar-refractivity contribution in [3.8, 4) is 0 Å². The Hall–Kier alpha value is -0.650. The summed E-state index contributed by atoms with van der Waals surface area (Å²) in [5.41, 5.74) is 0. The van der Waals surface area contributed by atoms with Crippen LogP contribution in [-0.4, -0.2) is 44.8 Å². The topological polar surface area (TPSA) is 54.0 Å². The molecule has 0 aromatic carbocycles. The number of carbonyl (C=O) groups is 1. The Labute approximate surface area is 96.0 Å². The molecule has 0 saturated carbocycles. The molecule has 1 saturated heterocycles. The monoisotopic (exact) mass is 232 g/mol. The zero-order valence-electron chi connectivity index (χ0n) is 10.2. The molecule has 1 fully saturated rings. The number of esters is 1. The van der Waals surface area contributed by atoms with Crippen molar-refractivity contribution >= 4 is 5.97 Å². The van der Waals surface area contributed by atoms with E-state index in [1.807, 2.05) is 6.92 Å². The molecule has 0 bridgehead atoms. The van der Waals surface area contributed by atoms with Gasteiger partial charge in [0, 0.05) is 13.5 Å². The van der Waals surface area contributed by atoms with Crippen molar-refractivity contribution in [2.45, 2.75) is 38.6 Å². The molecule has 0 spiro atoms. The van der Waals surface area contributed by atoms with Crippen LogP contribution in [0, 0.1) is 0 Å². The summed E-state index contributed by atoms with van der Waals surface area (Å²) in [6.07, 6.45) is 0.771. The van der Waals surface area contributed by atoms with Crippen LogP contribution in [-0.2, 0) is 23.7 Å². The molecule has 94 valence electrons. The third-order valence-electron chi connectivity index (χ3n) is 2.43. The second kappa shape index (κ2) is 6.18. The van der Waals surface area contributed by atoms with Crippen molar-refractivity contribution in [3.05, 3.63) is 0 Å². The van der Waals surface area contributed by atoms with Crippen molar-refractivity contribution in [2.24, 2.45) is 0 Å². The van der Waals surface area contributed by atoms with E-state index in [-0.39, 0.29) is 12.1 Å². The van der Waals surface area contributed by atoms with Gasteiger partial charge in [0.05, 0.1) is 26.2 Å². The molecule has 0 radical (unpaired) electrons. The largest absolute Gasteiger partial charge is 0.466 e. The van der Waals surface area contributed by atoms with Crippen LogP contribution in [0.1, 0.15) is 26.7 Å². The normalized spacial score (nSPS) is 29.3. The van der Waals surface area contributed by atoms with Gasteiger partial charge in [-0.2, -0.15) is 0 Å². The van der Waals surface area contributed by atoms with E-state index in [0.717, 1.165) is 0 Å². The van der Waals surface area contributed by atoms with Gasteiger partial charge in [0.15, 0.2) is 5.79 Å². The first-order valence-electron chi connectivity index (χ1n) is 5.56. The number of ether oxygens (including phenoxy) is 4. The van der Waals surface area contributed by atoms with Crippen LogP contribution in [0.15, 0.2) is 0 Å². The van der Waals surface area contributed by atoms with Crippen molar-refractivity contribution < 1.29 is 23.7 Å². The molecular weight excluding hydrogens is 212 g/mol. The second-order valence-corrected chi connectivity index (χ2v) is 3.95. The minimum Gasteiger partial charge on any atom is -0.466 e. The van der Waals surface area contributed by atoms with Gasteiger partial charge in [-0.15, -0.1) is 0 Å². The molecule has 5 nitrogen and oxygen atoms in total. The number of hydrogen-bond acceptors (Lipinski definition) is 5. The lowest BCUT2D eigenvalue weighted by atomic mass is 10.2. The van der Waals surface area contributed by atoms with Gasteiger partial charge in [-0.1, -0.05) is 0 Å². The van der Waals surface area contributed by atoms with E-state index in [9.17, 15) is 4.79 Å². The molecule has 16 heavy (non-hydrogen) atoms. The summed E-state index contributed by atoms with van der Waals surface area (Å²) >= 11 is 0. The third kappa shape index (κ3) is 4.08. The van der Waals surface area contributed by atoms with Crippen LogP contribution in [0.3, 0.4) is 0 Å². The highest BCUT2D eigenvalue weighted by Gasteiger charge is 2.37. The van der Waals surface area contributed by atoms with Gasteiger partial charge < -0.3 is 18.9 Å². The fourth-order valence-corrected chi connectivity index (χ4v) is 1.65. The highest BCUT2D eigenvalue weighted by Crippen LogP contribution is 2.28. The molecule has 0 N–H and O–H groups in total. The molecular formula is C11H20O5. The van der Waals surface area contributed by atoms with Gasteiger partial charge in [0.1, 0.15) is 6.10 Å². The minimum absolute atomic E-state index is 0.0443. The summed E-state index contributed by atoms with van der Waals surface area (Å²) in [6.45, 7) is 5.05. The van der Waals surface area contributed by atoms with Crippen molar-refractivity contribution in [2.75, 3.05) is 26.9 Å². The number of rotatable bonds is 6. The van der Waals surface area contributed by atoms with Crippen molar-refractivity contribution in [1.29, 1.82) is 0 Å². The van der Waals surface area contributed by atoms with Gasteiger partial charge in [-0.3, -0.25) is 4.79 Å². The fraction of sp³-hybridized carbons (Fsp3) is 0.909. The maximum atomic E-state index is 11.2. The third-order valence-corrected chi connectivity index (χ3v) is 2.43. The minimum atomic E-state index is -0.685. The first kappa shape index (κ1) is 13.4. The van der Waals surface area contributed by atoms with E-state index in [1.165, 1.54) is 0 Å². The average Bonchev–Trinajstić information content (AvgIpc) is 2.60. The Balaban J connectivity index is 2.28. The first-order chi connectivity index (χ1) is 7.59. The van der Waals surface area contributed by atoms with Crippen LogP contribution in [0.2, 0.25) is 0 Å². The van der Waals surface area contributed by atoms with Gasteiger partial charge in [0.25, 0.3) is 0 Å². The lowest BCUT2D eigenvalue weighted by Crippen LogP contribution is -2.29. The predicted octanol–water partition coefficient (Wildman–Crippen LogP) is 1.11. The quantitative estimate of drug-likeness (QED) is 0.642. The molecule has 1 heterocycles. The Kier molecular flexibility index (Phi) is 5.18. The smallest absolute Gasteiger partial charge is 0.305 e. The van der Waals surface area contributed by atoms with Crippen LogP contribution in [0.5, 0.6) is 0 Å². The molecule has 0 aliphatic carbocycles. The summed E-state index contributed by atoms with van der Waals surface area (Å²) < 4.78 is 21.0. The number of methoxy groups -OCH3 is 1. The molecule has 1 rings (SSSR count). The lowest BCUT2D eigenvalue weighted by Gasteiger charge is -2.22. The summed E-state index contributed by atoms with van der Waals surface area (Å²) in [5, 5.41) is 0. The van der Waals surface area contributed by atoms with Gasteiger partial charge >= 0.3 is 5.97 Å². The lowest BCUT2D eigenvalue weighted by molar-refractivity contribution is -0.170.